The first kappa shape index (κ1) is 25.5. The maximum atomic E-state index is 12.4. The van der Waals surface area contributed by atoms with Crippen molar-refractivity contribution < 1.29 is 31.2 Å². The van der Waals surface area contributed by atoms with Crippen molar-refractivity contribution in [2.45, 2.75) is 29.3 Å². The zero-order valence-electron chi connectivity index (χ0n) is 17.8. The molecule has 0 bridgehead atoms. The van der Waals surface area contributed by atoms with Crippen LogP contribution in [-0.2, 0) is 40.9 Å². The molecule has 2 N–H and O–H groups in total. The van der Waals surface area contributed by atoms with Crippen LogP contribution in [0.15, 0.2) is 64.4 Å². The van der Waals surface area contributed by atoms with Gasteiger partial charge in [-0.1, -0.05) is 36.4 Å². The van der Waals surface area contributed by atoms with Gasteiger partial charge in [0.2, 0.25) is 20.0 Å². The van der Waals surface area contributed by atoms with E-state index in [0.29, 0.717) is 5.56 Å². The Morgan fingerprint density at radius 3 is 2.19 bits per heavy atom. The van der Waals surface area contributed by atoms with Crippen molar-refractivity contribution in [3.8, 4) is 0 Å². The van der Waals surface area contributed by atoms with Crippen LogP contribution < -0.4 is 10.0 Å². The molecule has 0 saturated heterocycles. The topological polar surface area (TPSA) is 139 Å². The van der Waals surface area contributed by atoms with E-state index in [2.05, 4.69) is 10.0 Å². The minimum absolute atomic E-state index is 0.0104. The molecule has 1 atom stereocenters. The molecule has 2 aromatic carbocycles. The number of sulfonamides is 2. The number of ether oxygens (including phenoxy) is 1. The van der Waals surface area contributed by atoms with Gasteiger partial charge in [0.25, 0.3) is 5.91 Å². The summed E-state index contributed by atoms with van der Waals surface area (Å²) in [6.07, 6.45) is 0. The van der Waals surface area contributed by atoms with Crippen LogP contribution in [0.2, 0.25) is 0 Å². The highest BCUT2D eigenvalue weighted by Crippen LogP contribution is 2.18. The van der Waals surface area contributed by atoms with Gasteiger partial charge in [-0.05, 0) is 30.7 Å². The van der Waals surface area contributed by atoms with E-state index in [0.717, 1.165) is 4.31 Å². The van der Waals surface area contributed by atoms with Crippen LogP contribution in [0.25, 0.3) is 0 Å². The van der Waals surface area contributed by atoms with Crippen molar-refractivity contribution in [3.63, 3.8) is 0 Å². The molecule has 0 heterocycles. The van der Waals surface area contributed by atoms with Gasteiger partial charge in [-0.15, -0.1) is 0 Å². The summed E-state index contributed by atoms with van der Waals surface area (Å²) in [6.45, 7) is 0.539. The normalized spacial score (nSPS) is 12.9. The Hall–Kier alpha value is -2.80. The third-order valence-electron chi connectivity index (χ3n) is 4.29. The lowest BCUT2D eigenvalue weighted by Gasteiger charge is -2.16. The van der Waals surface area contributed by atoms with Gasteiger partial charge in [0.15, 0.2) is 6.61 Å². The van der Waals surface area contributed by atoms with Crippen molar-refractivity contribution in [2.75, 3.05) is 20.7 Å². The highest BCUT2D eigenvalue weighted by Gasteiger charge is 2.24. The minimum atomic E-state index is -3.93. The van der Waals surface area contributed by atoms with Crippen molar-refractivity contribution in [1.82, 2.24) is 14.3 Å². The second-order valence-electron chi connectivity index (χ2n) is 6.94. The predicted octanol–water partition coefficient (Wildman–Crippen LogP) is 0.463. The van der Waals surface area contributed by atoms with E-state index in [-0.39, 0.29) is 16.3 Å². The average Bonchev–Trinajstić information content (AvgIpc) is 2.76. The zero-order valence-corrected chi connectivity index (χ0v) is 19.4. The fourth-order valence-electron chi connectivity index (χ4n) is 2.55. The van der Waals surface area contributed by atoms with Gasteiger partial charge in [-0.2, -0.15) is 4.72 Å². The summed E-state index contributed by atoms with van der Waals surface area (Å²) >= 11 is 0. The standard InChI is InChI=1S/C20H25N3O7S2/c1-15(22-31(26,27)17-10-5-4-6-11-17)20(25)30-14-19(24)21-13-16-9-7-8-12-18(16)32(28,29)23(2)3/h4-12,15,22H,13-14H2,1-3H3,(H,21,24)/t15-/m0/s1. The Balaban J connectivity index is 1.91. The van der Waals surface area contributed by atoms with Crippen molar-refractivity contribution >= 4 is 31.9 Å². The quantitative estimate of drug-likeness (QED) is 0.468. The number of benzene rings is 2. The van der Waals surface area contributed by atoms with Gasteiger partial charge in [0.1, 0.15) is 6.04 Å². The lowest BCUT2D eigenvalue weighted by Crippen LogP contribution is -2.40. The second-order valence-corrected chi connectivity index (χ2v) is 10.8. The van der Waals surface area contributed by atoms with Crippen LogP contribution in [0.5, 0.6) is 0 Å². The van der Waals surface area contributed by atoms with E-state index in [1.807, 2.05) is 0 Å². The smallest absolute Gasteiger partial charge is 0.324 e. The molecule has 0 spiro atoms. The third-order valence-corrected chi connectivity index (χ3v) is 7.76. The van der Waals surface area contributed by atoms with Crippen molar-refractivity contribution in [1.29, 1.82) is 0 Å². The van der Waals surface area contributed by atoms with Gasteiger partial charge in [-0.25, -0.2) is 21.1 Å². The molecule has 2 aromatic rings. The van der Waals surface area contributed by atoms with Crippen molar-refractivity contribution in [3.05, 3.63) is 60.2 Å². The van der Waals surface area contributed by atoms with Gasteiger partial charge in [-0.3, -0.25) is 9.59 Å². The average molecular weight is 484 g/mol. The Kier molecular flexibility index (Phi) is 8.50. The summed E-state index contributed by atoms with van der Waals surface area (Å²) in [5.74, 6) is -1.61. The van der Waals surface area contributed by atoms with E-state index < -0.39 is 44.6 Å². The van der Waals surface area contributed by atoms with E-state index >= 15 is 0 Å². The molecule has 0 aliphatic rings. The number of carbonyl (C=O) groups is 2. The summed E-state index contributed by atoms with van der Waals surface area (Å²) in [4.78, 5) is 24.2. The molecule has 10 nitrogen and oxygen atoms in total. The number of rotatable bonds is 10. The maximum Gasteiger partial charge on any atom is 0.324 e. The molecule has 32 heavy (non-hydrogen) atoms. The third kappa shape index (κ3) is 6.60. The number of nitrogens with one attached hydrogen (secondary N) is 2. The Morgan fingerprint density at radius 2 is 1.56 bits per heavy atom. The summed E-state index contributed by atoms with van der Waals surface area (Å²) in [7, 11) is -4.83. The Morgan fingerprint density at radius 1 is 0.969 bits per heavy atom. The Labute approximate surface area is 187 Å². The van der Waals surface area contributed by atoms with Gasteiger partial charge in [0.05, 0.1) is 9.79 Å². The predicted molar refractivity (Wildman–Crippen MR) is 116 cm³/mol. The number of nitrogens with zero attached hydrogens (tertiary/aromatic N) is 1. The molecular formula is C20H25N3O7S2. The number of esters is 1. The van der Waals surface area contributed by atoms with Gasteiger partial charge >= 0.3 is 5.97 Å². The molecule has 0 aliphatic carbocycles. The molecule has 0 unspecified atom stereocenters. The fourth-order valence-corrected chi connectivity index (χ4v) is 4.88. The number of hydrogen-bond acceptors (Lipinski definition) is 7. The van der Waals surface area contributed by atoms with Crippen LogP contribution in [0.3, 0.4) is 0 Å². The molecule has 12 heteroatoms. The number of carbonyl (C=O) groups excluding carboxylic acids is 2. The second kappa shape index (κ2) is 10.7. The molecule has 174 valence electrons. The molecule has 0 aromatic heterocycles. The molecule has 2 rings (SSSR count). The largest absolute Gasteiger partial charge is 0.454 e. The van der Waals surface area contributed by atoms with Crippen LogP contribution >= 0.6 is 0 Å². The molecule has 1 amide bonds. The van der Waals surface area contributed by atoms with Crippen LogP contribution in [0.1, 0.15) is 12.5 Å². The molecular weight excluding hydrogens is 458 g/mol. The summed E-state index contributed by atoms with van der Waals surface area (Å²) in [5, 5.41) is 2.48. The van der Waals surface area contributed by atoms with E-state index in [1.54, 1.807) is 36.4 Å². The first-order chi connectivity index (χ1) is 14.9. The fraction of sp³-hybridized carbons (Fsp3) is 0.300. The van der Waals surface area contributed by atoms with E-state index in [9.17, 15) is 26.4 Å². The molecule has 0 aliphatic heterocycles. The summed E-state index contributed by atoms with van der Waals surface area (Å²) in [5.41, 5.74) is 0.366. The first-order valence-corrected chi connectivity index (χ1v) is 12.4. The molecule has 0 fully saturated rings. The van der Waals surface area contributed by atoms with Gasteiger partial charge in [0, 0.05) is 20.6 Å². The van der Waals surface area contributed by atoms with Crippen LogP contribution in [0, 0.1) is 0 Å². The highest BCUT2D eigenvalue weighted by atomic mass is 32.2. The molecule has 0 saturated carbocycles. The van der Waals surface area contributed by atoms with Crippen LogP contribution in [-0.4, -0.2) is 59.8 Å². The first-order valence-electron chi connectivity index (χ1n) is 9.46. The van der Waals surface area contributed by atoms with Crippen LogP contribution in [0.4, 0.5) is 0 Å². The lowest BCUT2D eigenvalue weighted by molar-refractivity contribution is -0.149. The summed E-state index contributed by atoms with van der Waals surface area (Å²) in [6, 6.07) is 12.5. The van der Waals surface area contributed by atoms with Gasteiger partial charge < -0.3 is 10.1 Å². The molecule has 0 radical (unpaired) electrons. The lowest BCUT2D eigenvalue weighted by atomic mass is 10.2. The highest BCUT2D eigenvalue weighted by molar-refractivity contribution is 7.89. The van der Waals surface area contributed by atoms with E-state index in [4.69, 9.17) is 4.74 Å². The minimum Gasteiger partial charge on any atom is -0.454 e. The van der Waals surface area contributed by atoms with E-state index in [1.165, 1.54) is 39.2 Å². The maximum absolute atomic E-state index is 12.4. The zero-order chi connectivity index (χ0) is 23.9. The number of amides is 1. The Bertz CT molecular complexity index is 1160. The monoisotopic (exact) mass is 483 g/mol. The SMILES string of the molecule is C[C@H](NS(=O)(=O)c1ccccc1)C(=O)OCC(=O)NCc1ccccc1S(=O)(=O)N(C)C. The summed E-state index contributed by atoms with van der Waals surface area (Å²) < 4.78 is 57.4. The number of hydrogen-bond donors (Lipinski definition) is 2. The van der Waals surface area contributed by atoms with Crippen molar-refractivity contribution in [2.24, 2.45) is 0 Å².